The molecule has 0 radical (unpaired) electrons. The van der Waals surface area contributed by atoms with E-state index in [0.717, 1.165) is 4.31 Å². The zero-order valence-corrected chi connectivity index (χ0v) is 15.0. The number of rotatable bonds is 8. The summed E-state index contributed by atoms with van der Waals surface area (Å²) in [5.41, 5.74) is 0.293. The second-order valence-corrected chi connectivity index (χ2v) is 6.89. The molecule has 0 N–H and O–H groups in total. The van der Waals surface area contributed by atoms with Crippen molar-refractivity contribution in [3.8, 4) is 5.75 Å². The standard InChI is InChI=1S/C18H21NO5S/c1-3-23-17-13-9-8-12-16(17)19(14-18(20)24-4-2)25(21,22)15-10-6-5-7-11-15/h5-13H,3-4,14H2,1-2H3. The molecule has 0 heterocycles. The van der Waals surface area contributed by atoms with E-state index in [1.54, 1.807) is 56.3 Å². The fraction of sp³-hybridized carbons (Fsp3) is 0.278. The summed E-state index contributed by atoms with van der Waals surface area (Å²) in [5, 5.41) is 0. The summed E-state index contributed by atoms with van der Waals surface area (Å²) in [6, 6.07) is 14.6. The van der Waals surface area contributed by atoms with Crippen LogP contribution < -0.4 is 9.04 Å². The Kier molecular flexibility index (Phi) is 6.41. The molecule has 7 heteroatoms. The Balaban J connectivity index is 2.53. The van der Waals surface area contributed by atoms with Crippen LogP contribution in [0.5, 0.6) is 5.75 Å². The lowest BCUT2D eigenvalue weighted by atomic mass is 10.3. The molecule has 0 aliphatic rings. The van der Waals surface area contributed by atoms with E-state index in [2.05, 4.69) is 0 Å². The molecule has 2 aromatic rings. The maximum absolute atomic E-state index is 13.1. The molecule has 0 saturated carbocycles. The SMILES string of the molecule is CCOC(=O)CN(c1ccccc1OCC)S(=O)(=O)c1ccccc1. The number of esters is 1. The fourth-order valence-electron chi connectivity index (χ4n) is 2.28. The summed E-state index contributed by atoms with van der Waals surface area (Å²) in [5.74, 6) is -0.248. The second-order valence-electron chi connectivity index (χ2n) is 5.03. The van der Waals surface area contributed by atoms with Crippen molar-refractivity contribution in [3.63, 3.8) is 0 Å². The molecule has 6 nitrogen and oxygen atoms in total. The molecular formula is C18H21NO5S. The van der Waals surface area contributed by atoms with Gasteiger partial charge in [0.15, 0.2) is 0 Å². The molecule has 2 aromatic carbocycles. The van der Waals surface area contributed by atoms with E-state index in [-0.39, 0.29) is 11.5 Å². The Morgan fingerprint density at radius 2 is 1.60 bits per heavy atom. The molecule has 0 aromatic heterocycles. The Bertz CT molecular complexity index is 805. The molecule has 0 unspecified atom stereocenters. The van der Waals surface area contributed by atoms with Crippen LogP contribution >= 0.6 is 0 Å². The van der Waals surface area contributed by atoms with Gasteiger partial charge in [-0.3, -0.25) is 9.10 Å². The maximum Gasteiger partial charge on any atom is 0.326 e. The molecule has 25 heavy (non-hydrogen) atoms. The summed E-state index contributed by atoms with van der Waals surface area (Å²) in [6.45, 7) is 3.58. The topological polar surface area (TPSA) is 72.9 Å². The Morgan fingerprint density at radius 3 is 2.24 bits per heavy atom. The number of nitrogens with zero attached hydrogens (tertiary/aromatic N) is 1. The van der Waals surface area contributed by atoms with E-state index in [1.807, 2.05) is 0 Å². The highest BCUT2D eigenvalue weighted by Gasteiger charge is 2.29. The first-order valence-corrected chi connectivity index (χ1v) is 9.40. The van der Waals surface area contributed by atoms with Gasteiger partial charge < -0.3 is 9.47 Å². The number of sulfonamides is 1. The van der Waals surface area contributed by atoms with Gasteiger partial charge in [-0.2, -0.15) is 0 Å². The molecular weight excluding hydrogens is 342 g/mol. The third-order valence-corrected chi connectivity index (χ3v) is 5.12. The fourth-order valence-corrected chi connectivity index (χ4v) is 3.72. The molecule has 0 fully saturated rings. The number of benzene rings is 2. The highest BCUT2D eigenvalue weighted by atomic mass is 32.2. The minimum absolute atomic E-state index is 0.0885. The average molecular weight is 363 g/mol. The zero-order valence-electron chi connectivity index (χ0n) is 14.2. The van der Waals surface area contributed by atoms with Crippen LogP contribution in [0.4, 0.5) is 5.69 Å². The van der Waals surface area contributed by atoms with Crippen molar-refractivity contribution in [2.45, 2.75) is 18.7 Å². The second kappa shape index (κ2) is 8.53. The number of carbonyl (C=O) groups excluding carboxylic acids is 1. The molecule has 0 saturated heterocycles. The van der Waals surface area contributed by atoms with E-state index in [9.17, 15) is 13.2 Å². The van der Waals surface area contributed by atoms with Crippen LogP contribution in [0.2, 0.25) is 0 Å². The van der Waals surface area contributed by atoms with Gasteiger partial charge in [0, 0.05) is 0 Å². The zero-order chi connectivity index (χ0) is 18.3. The summed E-state index contributed by atoms with van der Waals surface area (Å²) in [6.07, 6.45) is 0. The van der Waals surface area contributed by atoms with Crippen molar-refractivity contribution in [1.82, 2.24) is 0 Å². The Morgan fingerprint density at radius 1 is 0.960 bits per heavy atom. The number of anilines is 1. The van der Waals surface area contributed by atoms with Crippen LogP contribution in [0.15, 0.2) is 59.5 Å². The van der Waals surface area contributed by atoms with E-state index in [1.165, 1.54) is 12.1 Å². The smallest absolute Gasteiger partial charge is 0.326 e. The van der Waals surface area contributed by atoms with E-state index in [4.69, 9.17) is 9.47 Å². The lowest BCUT2D eigenvalue weighted by Gasteiger charge is -2.25. The maximum atomic E-state index is 13.1. The monoisotopic (exact) mass is 363 g/mol. The summed E-state index contributed by atoms with van der Waals surface area (Å²) in [4.78, 5) is 12.1. The largest absolute Gasteiger partial charge is 0.492 e. The molecule has 134 valence electrons. The lowest BCUT2D eigenvalue weighted by Crippen LogP contribution is -2.37. The molecule has 0 spiro atoms. The number of carbonyl (C=O) groups is 1. The highest BCUT2D eigenvalue weighted by Crippen LogP contribution is 2.32. The molecule has 0 amide bonds. The minimum atomic E-state index is -3.96. The molecule has 0 atom stereocenters. The van der Waals surface area contributed by atoms with Crippen molar-refractivity contribution < 1.29 is 22.7 Å². The van der Waals surface area contributed by atoms with Crippen LogP contribution in [-0.4, -0.2) is 34.1 Å². The molecule has 2 rings (SSSR count). The first-order valence-electron chi connectivity index (χ1n) is 7.96. The van der Waals surface area contributed by atoms with Gasteiger partial charge in [-0.25, -0.2) is 8.42 Å². The van der Waals surface area contributed by atoms with E-state index in [0.29, 0.717) is 18.0 Å². The van der Waals surface area contributed by atoms with Gasteiger partial charge in [0.05, 0.1) is 23.8 Å². The molecule has 0 aliphatic carbocycles. The lowest BCUT2D eigenvalue weighted by molar-refractivity contribution is -0.141. The number of hydrogen-bond donors (Lipinski definition) is 0. The van der Waals surface area contributed by atoms with Crippen molar-refractivity contribution in [1.29, 1.82) is 0 Å². The van der Waals surface area contributed by atoms with E-state index < -0.39 is 22.5 Å². The number of para-hydroxylation sites is 2. The average Bonchev–Trinajstić information content (AvgIpc) is 2.61. The van der Waals surface area contributed by atoms with Crippen molar-refractivity contribution in [2.75, 3.05) is 24.1 Å². The van der Waals surface area contributed by atoms with Crippen LogP contribution in [-0.2, 0) is 19.6 Å². The van der Waals surface area contributed by atoms with Crippen molar-refractivity contribution in [3.05, 3.63) is 54.6 Å². The van der Waals surface area contributed by atoms with E-state index >= 15 is 0 Å². The summed E-state index contributed by atoms with van der Waals surface area (Å²) in [7, 11) is -3.96. The molecule has 0 bridgehead atoms. The van der Waals surface area contributed by atoms with Gasteiger partial charge in [-0.15, -0.1) is 0 Å². The molecule has 0 aliphatic heterocycles. The predicted octanol–water partition coefficient (Wildman–Crippen LogP) is 2.84. The van der Waals surface area contributed by atoms with Crippen LogP contribution in [0.25, 0.3) is 0 Å². The summed E-state index contributed by atoms with van der Waals surface area (Å²) >= 11 is 0. The quantitative estimate of drug-likeness (QED) is 0.674. The van der Waals surface area contributed by atoms with Gasteiger partial charge in [-0.05, 0) is 38.1 Å². The number of ether oxygens (including phenoxy) is 2. The van der Waals surface area contributed by atoms with Gasteiger partial charge >= 0.3 is 5.97 Å². The first-order chi connectivity index (χ1) is 12.0. The van der Waals surface area contributed by atoms with Crippen LogP contribution in [0.1, 0.15) is 13.8 Å². The third-order valence-electron chi connectivity index (χ3n) is 3.34. The highest BCUT2D eigenvalue weighted by molar-refractivity contribution is 7.92. The van der Waals surface area contributed by atoms with Crippen LogP contribution in [0, 0.1) is 0 Å². The van der Waals surface area contributed by atoms with Crippen molar-refractivity contribution >= 4 is 21.7 Å². The predicted molar refractivity (Wildman–Crippen MR) is 95.2 cm³/mol. The van der Waals surface area contributed by atoms with Gasteiger partial charge in [0.1, 0.15) is 12.3 Å². The van der Waals surface area contributed by atoms with Gasteiger partial charge in [0.25, 0.3) is 10.0 Å². The van der Waals surface area contributed by atoms with Gasteiger partial charge in [-0.1, -0.05) is 30.3 Å². The first kappa shape index (κ1) is 18.8. The van der Waals surface area contributed by atoms with Gasteiger partial charge in [0.2, 0.25) is 0 Å². The minimum Gasteiger partial charge on any atom is -0.492 e. The normalized spacial score (nSPS) is 11.0. The van der Waals surface area contributed by atoms with Crippen LogP contribution in [0.3, 0.4) is 0 Å². The Hall–Kier alpha value is -2.54. The third kappa shape index (κ3) is 4.51. The van der Waals surface area contributed by atoms with Crippen molar-refractivity contribution in [2.24, 2.45) is 0 Å². The number of hydrogen-bond acceptors (Lipinski definition) is 5. The Labute approximate surface area is 148 Å². The summed E-state index contributed by atoms with van der Waals surface area (Å²) < 4.78 is 37.7.